The van der Waals surface area contributed by atoms with E-state index in [0.29, 0.717) is 22.7 Å². The van der Waals surface area contributed by atoms with E-state index < -0.39 is 36.9 Å². The molecule has 0 spiro atoms. The minimum absolute atomic E-state index is 0.349. The van der Waals surface area contributed by atoms with Crippen LogP contribution in [0.15, 0.2) is 91.0 Å². The Morgan fingerprint density at radius 3 is 1.81 bits per heavy atom. The van der Waals surface area contributed by atoms with Crippen LogP contribution in [0.3, 0.4) is 0 Å². The summed E-state index contributed by atoms with van der Waals surface area (Å²) in [5.41, 5.74) is 0.547. The first kappa shape index (κ1) is 20.4. The van der Waals surface area contributed by atoms with Gasteiger partial charge in [-0.25, -0.2) is 22.5 Å². The van der Waals surface area contributed by atoms with Crippen LogP contribution in [0.1, 0.15) is 0 Å². The average Bonchev–Trinajstić information content (AvgIpc) is 3.18. The maximum absolute atomic E-state index is 15.0. The van der Waals surface area contributed by atoms with Crippen molar-refractivity contribution in [3.63, 3.8) is 0 Å². The zero-order valence-corrected chi connectivity index (χ0v) is 17.4. The van der Waals surface area contributed by atoms with Gasteiger partial charge in [-0.15, -0.1) is 0 Å². The molecule has 0 aliphatic rings. The molecule has 4 aromatic carbocycles. The number of aromatic nitrogens is 2. The summed E-state index contributed by atoms with van der Waals surface area (Å²) in [5, 5.41) is 1.79. The standard InChI is InChI=1S/C25H15F4N2P/c26-18-15-19(27)24(23(29)22(18)28)31-21-14-8-7-13-20(21)30-25(31)32(16-9-3-1-4-10-16)17-11-5-2-6-12-17/h1-15H. The molecule has 0 atom stereocenters. The lowest BCUT2D eigenvalue weighted by Gasteiger charge is -2.20. The Bertz CT molecular complexity index is 1380. The Morgan fingerprint density at radius 1 is 0.625 bits per heavy atom. The van der Waals surface area contributed by atoms with Gasteiger partial charge in [-0.2, -0.15) is 0 Å². The number of nitrogens with zero attached hydrogens (tertiary/aromatic N) is 2. The van der Waals surface area contributed by atoms with Crippen LogP contribution in [-0.4, -0.2) is 9.55 Å². The van der Waals surface area contributed by atoms with Gasteiger partial charge < -0.3 is 0 Å². The number of imidazole rings is 1. The van der Waals surface area contributed by atoms with Crippen LogP contribution in [-0.2, 0) is 0 Å². The predicted octanol–water partition coefficient (Wildman–Crippen LogP) is 5.34. The summed E-state index contributed by atoms with van der Waals surface area (Å²) in [7, 11) is -1.38. The second-order valence-corrected chi connectivity index (χ2v) is 9.16. The van der Waals surface area contributed by atoms with Crippen LogP contribution < -0.4 is 16.2 Å². The molecule has 0 aliphatic carbocycles. The number of halogens is 4. The van der Waals surface area contributed by atoms with Crippen molar-refractivity contribution in [3.05, 3.63) is 114 Å². The first-order chi connectivity index (χ1) is 15.6. The van der Waals surface area contributed by atoms with Gasteiger partial charge in [0.25, 0.3) is 0 Å². The van der Waals surface area contributed by atoms with Crippen LogP contribution >= 0.6 is 7.92 Å². The Hall–Kier alpha value is -3.50. The average molecular weight is 450 g/mol. The molecule has 0 saturated carbocycles. The summed E-state index contributed by atoms with van der Waals surface area (Å²) in [6.07, 6.45) is 0. The quantitative estimate of drug-likeness (QED) is 0.156. The molecule has 0 amide bonds. The molecule has 0 fully saturated rings. The second kappa shape index (κ2) is 8.21. The van der Waals surface area contributed by atoms with Crippen molar-refractivity contribution in [1.82, 2.24) is 9.55 Å². The van der Waals surface area contributed by atoms with E-state index in [1.807, 2.05) is 60.7 Å². The second-order valence-electron chi connectivity index (χ2n) is 7.06. The lowest BCUT2D eigenvalue weighted by atomic mass is 10.2. The van der Waals surface area contributed by atoms with Crippen LogP contribution in [0.25, 0.3) is 16.7 Å². The van der Waals surface area contributed by atoms with Gasteiger partial charge in [-0.3, -0.25) is 4.57 Å². The Kier molecular flexibility index (Phi) is 5.24. The molecule has 1 aromatic heterocycles. The van der Waals surface area contributed by atoms with Crippen molar-refractivity contribution in [2.24, 2.45) is 0 Å². The third-order valence-corrected chi connectivity index (χ3v) is 7.41. The molecule has 0 saturated heterocycles. The molecule has 32 heavy (non-hydrogen) atoms. The van der Waals surface area contributed by atoms with Gasteiger partial charge in [-0.05, 0) is 22.7 Å². The van der Waals surface area contributed by atoms with Crippen molar-refractivity contribution < 1.29 is 17.6 Å². The van der Waals surface area contributed by atoms with Gasteiger partial charge in [-0.1, -0.05) is 72.8 Å². The molecular formula is C25H15F4N2P. The van der Waals surface area contributed by atoms with Gasteiger partial charge in [0.05, 0.1) is 11.0 Å². The molecule has 0 unspecified atom stereocenters. The smallest absolute Gasteiger partial charge is 0.196 e. The topological polar surface area (TPSA) is 17.8 Å². The van der Waals surface area contributed by atoms with Gasteiger partial charge in [0.15, 0.2) is 23.3 Å². The highest BCUT2D eigenvalue weighted by Crippen LogP contribution is 2.36. The van der Waals surface area contributed by atoms with Crippen molar-refractivity contribution in [1.29, 1.82) is 0 Å². The SMILES string of the molecule is Fc1cc(F)c(-n2c(P(c3ccccc3)c3ccccc3)nc3ccccc32)c(F)c1F. The summed E-state index contributed by atoms with van der Waals surface area (Å²) >= 11 is 0. The van der Waals surface area contributed by atoms with E-state index in [1.54, 1.807) is 24.3 Å². The highest BCUT2D eigenvalue weighted by molar-refractivity contribution is 7.79. The monoisotopic (exact) mass is 450 g/mol. The minimum atomic E-state index is -1.73. The van der Waals surface area contributed by atoms with Crippen molar-refractivity contribution in [2.45, 2.75) is 0 Å². The summed E-state index contributed by atoms with van der Waals surface area (Å²) < 4.78 is 59.1. The molecule has 7 heteroatoms. The minimum Gasteiger partial charge on any atom is -0.286 e. The summed E-state index contributed by atoms with van der Waals surface area (Å²) in [6, 6.07) is 26.1. The van der Waals surface area contributed by atoms with Crippen LogP contribution in [0.4, 0.5) is 17.6 Å². The normalized spacial score (nSPS) is 11.4. The third kappa shape index (κ3) is 3.37. The summed E-state index contributed by atoms with van der Waals surface area (Å²) in [6.45, 7) is 0. The number of fused-ring (bicyclic) bond motifs is 1. The number of benzene rings is 4. The van der Waals surface area contributed by atoms with Gasteiger partial charge in [0, 0.05) is 14.0 Å². The Labute approximate surface area is 182 Å². The molecule has 0 radical (unpaired) electrons. The summed E-state index contributed by atoms with van der Waals surface area (Å²) in [4.78, 5) is 4.72. The molecule has 0 aliphatic heterocycles. The number of hydrogen-bond donors (Lipinski definition) is 0. The van der Waals surface area contributed by atoms with Crippen molar-refractivity contribution >= 4 is 35.1 Å². The van der Waals surface area contributed by atoms with Crippen LogP contribution in [0, 0.1) is 23.3 Å². The molecule has 2 nitrogen and oxygen atoms in total. The van der Waals surface area contributed by atoms with E-state index in [0.717, 1.165) is 10.6 Å². The van der Waals surface area contributed by atoms with Crippen molar-refractivity contribution in [2.75, 3.05) is 0 Å². The molecular weight excluding hydrogens is 435 g/mol. The lowest BCUT2D eigenvalue weighted by molar-refractivity contribution is 0.431. The lowest BCUT2D eigenvalue weighted by Crippen LogP contribution is -2.28. The fourth-order valence-electron chi connectivity index (χ4n) is 3.68. The Morgan fingerprint density at radius 2 is 1.19 bits per heavy atom. The zero-order chi connectivity index (χ0) is 22.2. The van der Waals surface area contributed by atoms with E-state index in [-0.39, 0.29) is 0 Å². The maximum Gasteiger partial charge on any atom is 0.196 e. The van der Waals surface area contributed by atoms with Crippen molar-refractivity contribution in [3.8, 4) is 5.69 Å². The van der Waals surface area contributed by atoms with Crippen LogP contribution in [0.2, 0.25) is 0 Å². The largest absolute Gasteiger partial charge is 0.286 e. The zero-order valence-electron chi connectivity index (χ0n) is 16.5. The maximum atomic E-state index is 15.0. The Balaban J connectivity index is 1.89. The predicted molar refractivity (Wildman–Crippen MR) is 120 cm³/mol. The number of hydrogen-bond acceptors (Lipinski definition) is 1. The van der Waals surface area contributed by atoms with Gasteiger partial charge >= 0.3 is 0 Å². The number of rotatable bonds is 4. The van der Waals surface area contributed by atoms with E-state index >= 15 is 0 Å². The van der Waals surface area contributed by atoms with E-state index in [1.165, 1.54) is 4.57 Å². The van der Waals surface area contributed by atoms with Crippen LogP contribution in [0.5, 0.6) is 0 Å². The highest BCUT2D eigenvalue weighted by atomic mass is 31.1. The molecule has 0 bridgehead atoms. The molecule has 5 rings (SSSR count). The molecule has 5 aromatic rings. The molecule has 0 N–H and O–H groups in total. The van der Waals surface area contributed by atoms with E-state index in [4.69, 9.17) is 4.98 Å². The first-order valence-corrected chi connectivity index (χ1v) is 11.1. The van der Waals surface area contributed by atoms with Gasteiger partial charge in [0.2, 0.25) is 0 Å². The fraction of sp³-hybridized carbons (Fsp3) is 0. The van der Waals surface area contributed by atoms with Gasteiger partial charge in [0.1, 0.15) is 11.3 Å². The fourth-order valence-corrected chi connectivity index (χ4v) is 6.00. The third-order valence-electron chi connectivity index (χ3n) is 5.09. The molecule has 1 heterocycles. The number of para-hydroxylation sites is 2. The first-order valence-electron chi connectivity index (χ1n) is 9.77. The molecule has 158 valence electrons. The van der Waals surface area contributed by atoms with E-state index in [2.05, 4.69) is 0 Å². The van der Waals surface area contributed by atoms with E-state index in [9.17, 15) is 17.6 Å². The highest BCUT2D eigenvalue weighted by Gasteiger charge is 2.29. The summed E-state index contributed by atoms with van der Waals surface area (Å²) in [5.74, 6) is -6.11.